The number of amides is 2. The second-order valence-corrected chi connectivity index (χ2v) is 14.6. The van der Waals surface area contributed by atoms with E-state index in [2.05, 4.69) is 40.4 Å². The van der Waals surface area contributed by atoms with Gasteiger partial charge in [-0.05, 0) is 44.8 Å². The molecule has 2 amide bonds. The van der Waals surface area contributed by atoms with Crippen molar-refractivity contribution in [1.29, 1.82) is 0 Å². The topological polar surface area (TPSA) is 55.8 Å². The van der Waals surface area contributed by atoms with Gasteiger partial charge in [0.15, 0.2) is 8.32 Å². The molecule has 0 bridgehead atoms. The van der Waals surface area contributed by atoms with Gasteiger partial charge in [0.05, 0.1) is 18.6 Å². The number of carbonyl (C=O) groups excluding carboxylic acids is 2. The molecule has 0 aromatic rings. The first-order valence-electron chi connectivity index (χ1n) is 9.04. The van der Waals surface area contributed by atoms with Gasteiger partial charge in [-0.25, -0.2) is 9.69 Å². The molecule has 142 valence electrons. The Hall–Kier alpha value is -1.14. The molecule has 4 atom stereocenters. The number of hydrogen-bond donors (Lipinski definition) is 0. The summed E-state index contributed by atoms with van der Waals surface area (Å²) in [5.41, 5.74) is -0.632. The van der Waals surface area contributed by atoms with Crippen LogP contribution in [0.5, 0.6) is 0 Å². The van der Waals surface area contributed by atoms with Crippen molar-refractivity contribution in [2.75, 3.05) is 6.61 Å². The Kier molecular flexibility index (Phi) is 5.03. The normalized spacial score (nSPS) is 29.4. The number of piperidine rings is 1. The van der Waals surface area contributed by atoms with E-state index in [0.29, 0.717) is 6.61 Å². The smallest absolute Gasteiger partial charge is 0.417 e. The largest absolute Gasteiger partial charge is 0.443 e. The van der Waals surface area contributed by atoms with E-state index in [1.54, 1.807) is 20.8 Å². The molecule has 1 saturated carbocycles. The summed E-state index contributed by atoms with van der Waals surface area (Å²) < 4.78 is 11.8. The first-order chi connectivity index (χ1) is 11.2. The molecule has 25 heavy (non-hydrogen) atoms. The number of fused-ring (bicyclic) bond motifs is 1. The summed E-state index contributed by atoms with van der Waals surface area (Å²) in [4.78, 5) is 26.6. The lowest BCUT2D eigenvalue weighted by Gasteiger charge is -2.38. The minimum absolute atomic E-state index is 0.0765. The van der Waals surface area contributed by atoms with E-state index in [1.807, 2.05) is 6.08 Å². The Balaban J connectivity index is 2.17. The molecule has 5 nitrogen and oxygen atoms in total. The van der Waals surface area contributed by atoms with Crippen molar-refractivity contribution in [3.63, 3.8) is 0 Å². The van der Waals surface area contributed by atoms with Crippen LogP contribution in [0.3, 0.4) is 0 Å². The van der Waals surface area contributed by atoms with Crippen LogP contribution < -0.4 is 0 Å². The lowest BCUT2D eigenvalue weighted by atomic mass is 10.1. The number of ether oxygens (including phenoxy) is 1. The van der Waals surface area contributed by atoms with Gasteiger partial charge >= 0.3 is 6.09 Å². The summed E-state index contributed by atoms with van der Waals surface area (Å²) in [7, 11) is -1.96. The summed E-state index contributed by atoms with van der Waals surface area (Å²) in [5.74, 6) is -0.0208. The summed E-state index contributed by atoms with van der Waals surface area (Å²) in [6.07, 6.45) is 1.27. The maximum Gasteiger partial charge on any atom is 0.417 e. The molecule has 0 unspecified atom stereocenters. The standard InChI is InChI=1S/C19H33NO4Si/c1-10-12-14-13(11-23-25(8,9)19(5,6)7)20(16(21)15(12)14)17(22)24-18(2,3)4/h10,12-15H,1,11H2,2-9H3/t12-,13+,14+,15+/m0/s1. The molecule has 2 fully saturated rings. The molecule has 0 N–H and O–H groups in total. The molecule has 2 rings (SSSR count). The monoisotopic (exact) mass is 367 g/mol. The predicted molar refractivity (Wildman–Crippen MR) is 101 cm³/mol. The van der Waals surface area contributed by atoms with Crippen molar-refractivity contribution < 1.29 is 18.8 Å². The fraction of sp³-hybridized carbons (Fsp3) is 0.789. The van der Waals surface area contributed by atoms with E-state index in [4.69, 9.17) is 9.16 Å². The van der Waals surface area contributed by atoms with Crippen molar-refractivity contribution in [1.82, 2.24) is 4.90 Å². The third-order valence-corrected chi connectivity index (χ3v) is 10.2. The molecule has 2 aliphatic rings. The van der Waals surface area contributed by atoms with E-state index in [9.17, 15) is 9.59 Å². The van der Waals surface area contributed by atoms with E-state index in [0.717, 1.165) is 0 Å². The first-order valence-corrected chi connectivity index (χ1v) is 11.9. The summed E-state index contributed by atoms with van der Waals surface area (Å²) in [6, 6.07) is -0.260. The number of allylic oxidation sites excluding steroid dienone is 1. The highest BCUT2D eigenvalue weighted by Gasteiger charge is 2.67. The van der Waals surface area contributed by atoms with E-state index in [1.165, 1.54) is 4.90 Å². The van der Waals surface area contributed by atoms with Gasteiger partial charge in [0.1, 0.15) is 5.60 Å². The lowest BCUT2D eigenvalue weighted by molar-refractivity contribution is -0.131. The third-order valence-electron chi connectivity index (χ3n) is 5.71. The molecular formula is C19H33NO4Si. The minimum Gasteiger partial charge on any atom is -0.443 e. The highest BCUT2D eigenvalue weighted by Crippen LogP contribution is 2.57. The van der Waals surface area contributed by atoms with Crippen LogP contribution in [-0.2, 0) is 14.0 Å². The van der Waals surface area contributed by atoms with Crippen LogP contribution in [0.1, 0.15) is 41.5 Å². The number of imide groups is 1. The maximum absolute atomic E-state index is 12.7. The van der Waals surface area contributed by atoms with Crippen molar-refractivity contribution in [2.24, 2.45) is 17.8 Å². The van der Waals surface area contributed by atoms with Crippen LogP contribution in [-0.4, -0.2) is 43.5 Å². The molecule has 1 saturated heterocycles. The van der Waals surface area contributed by atoms with Crippen molar-refractivity contribution in [3.05, 3.63) is 12.7 Å². The van der Waals surface area contributed by atoms with Gasteiger partial charge in [-0.3, -0.25) is 4.79 Å². The zero-order valence-corrected chi connectivity index (χ0v) is 17.9. The van der Waals surface area contributed by atoms with Gasteiger partial charge in [-0.15, -0.1) is 6.58 Å². The predicted octanol–water partition coefficient (Wildman–Crippen LogP) is 4.20. The molecule has 1 aliphatic carbocycles. The Morgan fingerprint density at radius 2 is 1.80 bits per heavy atom. The SMILES string of the molecule is C=C[C@@H]1[C@H]2C(=O)N(C(=O)OC(C)(C)C)[C@H](CO[Si](C)(C)C(C)(C)C)[C@@H]12. The number of rotatable bonds is 4. The van der Waals surface area contributed by atoms with Crippen LogP contribution >= 0.6 is 0 Å². The van der Waals surface area contributed by atoms with Crippen molar-refractivity contribution >= 4 is 20.3 Å². The average Bonchev–Trinajstić information content (AvgIpc) is 3.05. The highest BCUT2D eigenvalue weighted by molar-refractivity contribution is 6.74. The van der Waals surface area contributed by atoms with Crippen LogP contribution in [0.15, 0.2) is 12.7 Å². The zero-order valence-electron chi connectivity index (χ0n) is 16.9. The molecular weight excluding hydrogens is 334 g/mol. The van der Waals surface area contributed by atoms with Crippen LogP contribution in [0.25, 0.3) is 0 Å². The zero-order chi connectivity index (χ0) is 19.4. The number of likely N-dealkylation sites (tertiary alicyclic amines) is 1. The van der Waals surface area contributed by atoms with Crippen molar-refractivity contribution in [2.45, 2.75) is 71.3 Å². The van der Waals surface area contributed by atoms with E-state index in [-0.39, 0.29) is 34.7 Å². The fourth-order valence-corrected chi connectivity index (χ4v) is 4.24. The van der Waals surface area contributed by atoms with Crippen molar-refractivity contribution in [3.8, 4) is 0 Å². The molecule has 0 spiro atoms. The maximum atomic E-state index is 12.7. The van der Waals surface area contributed by atoms with Gasteiger partial charge < -0.3 is 9.16 Å². The first kappa shape index (κ1) is 20.2. The summed E-state index contributed by atoms with van der Waals surface area (Å²) >= 11 is 0. The Morgan fingerprint density at radius 3 is 2.24 bits per heavy atom. The molecule has 1 heterocycles. The average molecular weight is 368 g/mol. The molecule has 6 heteroatoms. The second-order valence-electron chi connectivity index (χ2n) is 9.74. The van der Waals surface area contributed by atoms with Gasteiger partial charge in [0, 0.05) is 5.92 Å². The summed E-state index contributed by atoms with van der Waals surface area (Å²) in [6.45, 7) is 20.5. The Bertz CT molecular complexity index is 573. The molecule has 0 aromatic carbocycles. The second kappa shape index (κ2) is 6.23. The Labute approximate surface area is 152 Å². The number of hydrogen-bond acceptors (Lipinski definition) is 4. The van der Waals surface area contributed by atoms with Crippen LogP contribution in [0.4, 0.5) is 4.79 Å². The highest BCUT2D eigenvalue weighted by atomic mass is 28.4. The van der Waals surface area contributed by atoms with Gasteiger partial charge in [-0.1, -0.05) is 26.8 Å². The Morgan fingerprint density at radius 1 is 1.24 bits per heavy atom. The van der Waals surface area contributed by atoms with Crippen LogP contribution in [0, 0.1) is 17.8 Å². The van der Waals surface area contributed by atoms with Gasteiger partial charge in [-0.2, -0.15) is 0 Å². The lowest BCUT2D eigenvalue weighted by Crippen LogP contribution is -2.50. The van der Waals surface area contributed by atoms with Gasteiger partial charge in [0.25, 0.3) is 0 Å². The van der Waals surface area contributed by atoms with E-state index < -0.39 is 20.0 Å². The molecule has 0 radical (unpaired) electrons. The van der Waals surface area contributed by atoms with Gasteiger partial charge in [0.2, 0.25) is 5.91 Å². The minimum atomic E-state index is -1.96. The number of carbonyl (C=O) groups is 2. The molecule has 1 aliphatic heterocycles. The number of nitrogens with zero attached hydrogens (tertiary/aromatic N) is 1. The quantitative estimate of drug-likeness (QED) is 0.552. The fourth-order valence-electron chi connectivity index (χ4n) is 3.22. The summed E-state index contributed by atoms with van der Waals surface area (Å²) in [5, 5.41) is 0.0765. The van der Waals surface area contributed by atoms with Crippen LogP contribution in [0.2, 0.25) is 18.1 Å². The molecule has 0 aromatic heterocycles. The van der Waals surface area contributed by atoms with E-state index >= 15 is 0 Å². The third kappa shape index (κ3) is 3.84.